The molecule has 2 aliphatic heterocycles. The molecular weight excluding hydrogens is 428 g/mol. The molecule has 2 aromatic carbocycles. The van der Waals surface area contributed by atoms with Crippen LogP contribution < -0.4 is 35.3 Å². The largest absolute Gasteiger partial charge is 0.454 e. The lowest BCUT2D eigenvalue weighted by atomic mass is 10.1. The Hall–Kier alpha value is -4.47. The molecule has 0 aliphatic carbocycles. The molecule has 0 unspecified atom stereocenters. The number of amides is 2. The highest BCUT2D eigenvalue weighted by Crippen LogP contribution is 2.33. The number of pyridine rings is 1. The Morgan fingerprint density at radius 1 is 0.788 bits per heavy atom. The quantitative estimate of drug-likeness (QED) is 0.521. The van der Waals surface area contributed by atoms with Gasteiger partial charge >= 0.3 is 0 Å². The Kier molecular flexibility index (Phi) is 5.31. The zero-order valence-corrected chi connectivity index (χ0v) is 17.4. The van der Waals surface area contributed by atoms with E-state index in [1.807, 2.05) is 12.1 Å². The standard InChI is InChI=1S/C23H20N4O6/c24-21-16(23(29)27-9-14-2-4-18-20(6-14)33-12-31-18)7-15(10-25-21)22(28)26-8-13-1-3-17-19(5-13)32-11-30-17/h1-7,10H,8-9,11-12H2,(H2,24,25)(H,26,28)(H,27,29). The van der Waals surface area contributed by atoms with Crippen LogP contribution in [0.3, 0.4) is 0 Å². The van der Waals surface area contributed by atoms with Gasteiger partial charge in [0.1, 0.15) is 5.82 Å². The molecule has 0 atom stereocenters. The van der Waals surface area contributed by atoms with Gasteiger partial charge in [-0.2, -0.15) is 0 Å². The minimum Gasteiger partial charge on any atom is -0.454 e. The van der Waals surface area contributed by atoms with Crippen molar-refractivity contribution in [3.05, 3.63) is 70.9 Å². The summed E-state index contributed by atoms with van der Waals surface area (Å²) >= 11 is 0. The summed E-state index contributed by atoms with van der Waals surface area (Å²) in [6.07, 6.45) is 1.33. The van der Waals surface area contributed by atoms with Gasteiger partial charge in [0, 0.05) is 19.3 Å². The van der Waals surface area contributed by atoms with Crippen LogP contribution in [0.15, 0.2) is 48.7 Å². The van der Waals surface area contributed by atoms with E-state index in [1.165, 1.54) is 12.3 Å². The normalized spacial score (nSPS) is 13.0. The summed E-state index contributed by atoms with van der Waals surface area (Å²) in [5.74, 6) is 1.81. The van der Waals surface area contributed by atoms with E-state index < -0.39 is 5.91 Å². The number of carbonyl (C=O) groups excluding carboxylic acids is 2. The smallest absolute Gasteiger partial charge is 0.255 e. The van der Waals surface area contributed by atoms with Crippen molar-refractivity contribution in [3.63, 3.8) is 0 Å². The lowest BCUT2D eigenvalue weighted by Crippen LogP contribution is -2.26. The van der Waals surface area contributed by atoms with Crippen molar-refractivity contribution in [3.8, 4) is 23.0 Å². The number of ether oxygens (including phenoxy) is 4. The van der Waals surface area contributed by atoms with Crippen LogP contribution in [0, 0.1) is 0 Å². The summed E-state index contributed by atoms with van der Waals surface area (Å²) in [4.78, 5) is 29.3. The molecule has 0 saturated heterocycles. The molecule has 33 heavy (non-hydrogen) atoms. The van der Waals surface area contributed by atoms with Crippen LogP contribution in [0.2, 0.25) is 0 Å². The summed E-state index contributed by atoms with van der Waals surface area (Å²) in [5, 5.41) is 5.58. The fourth-order valence-corrected chi connectivity index (χ4v) is 3.45. The van der Waals surface area contributed by atoms with E-state index in [4.69, 9.17) is 24.7 Å². The van der Waals surface area contributed by atoms with Gasteiger partial charge in [-0.25, -0.2) is 4.98 Å². The number of nitrogens with zero attached hydrogens (tertiary/aromatic N) is 1. The molecule has 0 radical (unpaired) electrons. The second kappa shape index (κ2) is 8.58. The van der Waals surface area contributed by atoms with Crippen LogP contribution in [0.5, 0.6) is 23.0 Å². The van der Waals surface area contributed by atoms with E-state index >= 15 is 0 Å². The van der Waals surface area contributed by atoms with Crippen molar-refractivity contribution < 1.29 is 28.5 Å². The van der Waals surface area contributed by atoms with Crippen molar-refractivity contribution in [1.29, 1.82) is 0 Å². The van der Waals surface area contributed by atoms with Crippen molar-refractivity contribution in [1.82, 2.24) is 15.6 Å². The number of anilines is 1. The maximum absolute atomic E-state index is 12.7. The minimum atomic E-state index is -0.442. The molecule has 3 aromatic rings. The fraction of sp³-hybridized carbons (Fsp3) is 0.174. The number of fused-ring (bicyclic) bond motifs is 2. The number of nitrogens with one attached hydrogen (secondary N) is 2. The molecule has 3 heterocycles. The summed E-state index contributed by atoms with van der Waals surface area (Å²) in [7, 11) is 0. The van der Waals surface area contributed by atoms with Crippen LogP contribution >= 0.6 is 0 Å². The van der Waals surface area contributed by atoms with E-state index in [0.717, 1.165) is 11.1 Å². The zero-order chi connectivity index (χ0) is 22.8. The third-order valence-electron chi connectivity index (χ3n) is 5.21. The SMILES string of the molecule is Nc1ncc(C(=O)NCc2ccc3c(c2)OCO3)cc1C(=O)NCc1ccc2c(c1)OCO2. The monoisotopic (exact) mass is 448 g/mol. The number of rotatable bonds is 6. The van der Waals surface area contributed by atoms with Crippen LogP contribution in [0.4, 0.5) is 5.82 Å². The molecular formula is C23H20N4O6. The molecule has 10 heteroatoms. The molecule has 1 aromatic heterocycles. The van der Waals surface area contributed by atoms with E-state index in [2.05, 4.69) is 15.6 Å². The lowest BCUT2D eigenvalue weighted by molar-refractivity contribution is 0.0950. The first-order chi connectivity index (χ1) is 16.1. The van der Waals surface area contributed by atoms with Crippen molar-refractivity contribution in [2.45, 2.75) is 13.1 Å². The molecule has 168 valence electrons. The van der Waals surface area contributed by atoms with Crippen molar-refractivity contribution in [2.24, 2.45) is 0 Å². The van der Waals surface area contributed by atoms with E-state index in [-0.39, 0.29) is 49.5 Å². The highest BCUT2D eigenvalue weighted by Gasteiger charge is 2.18. The Morgan fingerprint density at radius 3 is 1.94 bits per heavy atom. The first-order valence-electron chi connectivity index (χ1n) is 10.2. The second-order valence-corrected chi connectivity index (χ2v) is 7.40. The number of benzene rings is 2. The Bertz CT molecular complexity index is 1250. The fourth-order valence-electron chi connectivity index (χ4n) is 3.45. The molecule has 10 nitrogen and oxygen atoms in total. The zero-order valence-electron chi connectivity index (χ0n) is 17.4. The third-order valence-corrected chi connectivity index (χ3v) is 5.21. The minimum absolute atomic E-state index is 0.0329. The number of hydrogen-bond donors (Lipinski definition) is 3. The molecule has 2 amide bonds. The summed E-state index contributed by atoms with van der Waals surface area (Å²) in [6.45, 7) is 0.875. The van der Waals surface area contributed by atoms with Gasteiger partial charge in [-0.15, -0.1) is 0 Å². The molecule has 0 fully saturated rings. The summed E-state index contributed by atoms with van der Waals surface area (Å²) < 4.78 is 21.3. The van der Waals surface area contributed by atoms with Gasteiger partial charge in [-0.3, -0.25) is 9.59 Å². The molecule has 0 spiro atoms. The Morgan fingerprint density at radius 2 is 1.33 bits per heavy atom. The van der Waals surface area contributed by atoms with Gasteiger partial charge < -0.3 is 35.3 Å². The number of aromatic nitrogens is 1. The molecule has 5 rings (SSSR count). The predicted molar refractivity (Wildman–Crippen MR) is 116 cm³/mol. The molecule has 2 aliphatic rings. The van der Waals surface area contributed by atoms with Crippen LogP contribution in [-0.4, -0.2) is 30.4 Å². The highest BCUT2D eigenvalue weighted by molar-refractivity contribution is 6.02. The number of nitrogen functional groups attached to an aromatic ring is 1. The van der Waals surface area contributed by atoms with Gasteiger partial charge in [0.2, 0.25) is 13.6 Å². The predicted octanol–water partition coefficient (Wildman–Crippen LogP) is 1.98. The first kappa shape index (κ1) is 20.4. The Balaban J connectivity index is 1.22. The third kappa shape index (κ3) is 4.31. The van der Waals surface area contributed by atoms with Gasteiger partial charge in [-0.05, 0) is 41.5 Å². The topological polar surface area (TPSA) is 134 Å². The summed E-state index contributed by atoms with van der Waals surface area (Å²) in [6, 6.07) is 12.3. The molecule has 0 bridgehead atoms. The van der Waals surface area contributed by atoms with E-state index in [9.17, 15) is 9.59 Å². The second-order valence-electron chi connectivity index (χ2n) is 7.40. The lowest BCUT2D eigenvalue weighted by Gasteiger charge is -2.10. The van der Waals surface area contributed by atoms with Gasteiger partial charge in [-0.1, -0.05) is 12.1 Å². The van der Waals surface area contributed by atoms with Crippen LogP contribution in [0.1, 0.15) is 31.8 Å². The van der Waals surface area contributed by atoms with Crippen molar-refractivity contribution in [2.75, 3.05) is 19.3 Å². The number of nitrogens with two attached hydrogens (primary N) is 1. The molecule has 0 saturated carbocycles. The average molecular weight is 448 g/mol. The summed E-state index contributed by atoms with van der Waals surface area (Å²) in [5.41, 5.74) is 7.90. The maximum atomic E-state index is 12.7. The van der Waals surface area contributed by atoms with Crippen LogP contribution in [0.25, 0.3) is 0 Å². The maximum Gasteiger partial charge on any atom is 0.255 e. The van der Waals surface area contributed by atoms with Gasteiger partial charge in [0.15, 0.2) is 23.0 Å². The van der Waals surface area contributed by atoms with E-state index in [1.54, 1.807) is 24.3 Å². The first-order valence-corrected chi connectivity index (χ1v) is 10.2. The van der Waals surface area contributed by atoms with E-state index in [0.29, 0.717) is 23.0 Å². The van der Waals surface area contributed by atoms with Crippen LogP contribution in [-0.2, 0) is 13.1 Å². The van der Waals surface area contributed by atoms with Crippen molar-refractivity contribution >= 4 is 17.6 Å². The average Bonchev–Trinajstić information content (AvgIpc) is 3.49. The molecule has 4 N–H and O–H groups in total. The Labute approximate surface area is 188 Å². The van der Waals surface area contributed by atoms with Gasteiger partial charge in [0.25, 0.3) is 11.8 Å². The number of hydrogen-bond acceptors (Lipinski definition) is 8. The van der Waals surface area contributed by atoms with Gasteiger partial charge in [0.05, 0.1) is 11.1 Å². The number of carbonyl (C=O) groups is 2. The highest BCUT2D eigenvalue weighted by atomic mass is 16.7.